The minimum Gasteiger partial charge on any atom is -0.398 e. The lowest BCUT2D eigenvalue weighted by atomic mass is 10.2. The van der Waals surface area contributed by atoms with E-state index in [0.717, 1.165) is 23.5 Å². The Balaban J connectivity index is 1.97. The van der Waals surface area contributed by atoms with Gasteiger partial charge in [-0.2, -0.15) is 0 Å². The van der Waals surface area contributed by atoms with Gasteiger partial charge in [0.2, 0.25) is 0 Å². The van der Waals surface area contributed by atoms with Gasteiger partial charge in [-0.1, -0.05) is 0 Å². The molecule has 0 aliphatic heterocycles. The van der Waals surface area contributed by atoms with Crippen LogP contribution in [0.1, 0.15) is 15.3 Å². The molecule has 0 saturated carbocycles. The summed E-state index contributed by atoms with van der Waals surface area (Å²) in [7, 11) is 0. The summed E-state index contributed by atoms with van der Waals surface area (Å²) in [5.74, 6) is 0. The summed E-state index contributed by atoms with van der Waals surface area (Å²) < 4.78 is 2.11. The molecule has 0 aliphatic rings. The minimum absolute atomic E-state index is 0.722. The number of hydrogen-bond donors (Lipinski definition) is 1. The average Bonchev–Trinajstić information content (AvgIpc) is 2.98. The van der Waals surface area contributed by atoms with E-state index in [1.54, 1.807) is 12.4 Å². The molecule has 0 aromatic carbocycles. The van der Waals surface area contributed by atoms with Crippen molar-refractivity contribution in [2.24, 2.45) is 0 Å². The van der Waals surface area contributed by atoms with E-state index in [-0.39, 0.29) is 0 Å². The van der Waals surface area contributed by atoms with Gasteiger partial charge in [-0.3, -0.25) is 4.98 Å². The summed E-state index contributed by atoms with van der Waals surface area (Å²) in [5.41, 5.74) is 10.0. The van der Waals surface area contributed by atoms with Crippen molar-refractivity contribution < 1.29 is 0 Å². The molecule has 0 fully saturated rings. The van der Waals surface area contributed by atoms with E-state index >= 15 is 0 Å². The van der Waals surface area contributed by atoms with Crippen LogP contribution < -0.4 is 5.73 Å². The Kier molecular flexibility index (Phi) is 3.28. The molecule has 3 aromatic rings. The van der Waals surface area contributed by atoms with Gasteiger partial charge in [-0.25, -0.2) is 4.98 Å². The van der Waals surface area contributed by atoms with E-state index < -0.39 is 0 Å². The van der Waals surface area contributed by atoms with Crippen LogP contribution in [0.25, 0.3) is 11.3 Å². The molecular weight excluding hydrogens is 268 g/mol. The van der Waals surface area contributed by atoms with Crippen molar-refractivity contribution in [1.29, 1.82) is 0 Å². The van der Waals surface area contributed by atoms with Crippen molar-refractivity contribution in [2.45, 2.75) is 20.4 Å². The van der Waals surface area contributed by atoms with Crippen molar-refractivity contribution in [2.75, 3.05) is 5.73 Å². The van der Waals surface area contributed by atoms with E-state index in [2.05, 4.69) is 34.4 Å². The van der Waals surface area contributed by atoms with Crippen molar-refractivity contribution in [3.8, 4) is 11.3 Å². The Morgan fingerprint density at radius 2 is 2.10 bits per heavy atom. The van der Waals surface area contributed by atoms with Crippen LogP contribution in [0.3, 0.4) is 0 Å². The third-order valence-corrected chi connectivity index (χ3v) is 4.52. The Morgan fingerprint density at radius 3 is 2.80 bits per heavy atom. The van der Waals surface area contributed by atoms with E-state index in [0.29, 0.717) is 0 Å². The molecule has 0 amide bonds. The van der Waals surface area contributed by atoms with Crippen LogP contribution in [0.4, 0.5) is 5.69 Å². The van der Waals surface area contributed by atoms with Crippen LogP contribution in [-0.2, 0) is 6.54 Å². The molecule has 0 radical (unpaired) electrons. The Bertz CT molecular complexity index is 722. The first-order chi connectivity index (χ1) is 9.65. The van der Waals surface area contributed by atoms with E-state index in [1.165, 1.54) is 15.3 Å². The summed E-state index contributed by atoms with van der Waals surface area (Å²) in [6.07, 6.45) is 7.16. The zero-order chi connectivity index (χ0) is 14.1. The standard InChI is InChI=1S/C15H16N4S/c1-10-5-12(20-11(10)2)8-19-9-18-7-15(19)13-6-17-4-3-14(13)16/h3-7,9H,8H2,1-2H3,(H2,16,17). The van der Waals surface area contributed by atoms with Crippen LogP contribution in [0.15, 0.2) is 37.1 Å². The molecule has 0 atom stereocenters. The monoisotopic (exact) mass is 284 g/mol. The molecule has 2 N–H and O–H groups in total. The van der Waals surface area contributed by atoms with Gasteiger partial charge in [0.25, 0.3) is 0 Å². The number of aromatic nitrogens is 3. The first kappa shape index (κ1) is 12.9. The second-order valence-electron chi connectivity index (χ2n) is 4.82. The molecule has 0 aliphatic carbocycles. The second-order valence-corrected chi connectivity index (χ2v) is 6.16. The fourth-order valence-electron chi connectivity index (χ4n) is 2.19. The summed E-state index contributed by atoms with van der Waals surface area (Å²) in [6.45, 7) is 5.10. The van der Waals surface area contributed by atoms with Crippen LogP contribution in [-0.4, -0.2) is 14.5 Å². The maximum Gasteiger partial charge on any atom is 0.0954 e. The first-order valence-corrected chi connectivity index (χ1v) is 7.22. The highest BCUT2D eigenvalue weighted by Crippen LogP contribution is 2.27. The maximum atomic E-state index is 6.02. The summed E-state index contributed by atoms with van der Waals surface area (Å²) in [4.78, 5) is 11.1. The second kappa shape index (κ2) is 5.09. The number of thiophene rings is 1. The van der Waals surface area contributed by atoms with Crippen LogP contribution in [0.2, 0.25) is 0 Å². The van der Waals surface area contributed by atoms with Gasteiger partial charge in [-0.15, -0.1) is 11.3 Å². The molecule has 0 bridgehead atoms. The molecule has 5 heteroatoms. The third kappa shape index (κ3) is 2.32. The van der Waals surface area contributed by atoms with Gasteiger partial charge >= 0.3 is 0 Å². The van der Waals surface area contributed by atoms with Gasteiger partial charge in [0.15, 0.2) is 0 Å². The van der Waals surface area contributed by atoms with Gasteiger partial charge in [0.1, 0.15) is 0 Å². The number of imidazole rings is 1. The SMILES string of the molecule is Cc1cc(Cn2cncc2-c2cnccc2N)sc1C. The molecular formula is C15H16N4S. The smallest absolute Gasteiger partial charge is 0.0954 e. The summed E-state index contributed by atoms with van der Waals surface area (Å²) in [6, 6.07) is 4.04. The highest BCUT2D eigenvalue weighted by molar-refractivity contribution is 7.12. The van der Waals surface area contributed by atoms with Crippen molar-refractivity contribution in [3.63, 3.8) is 0 Å². The normalized spacial score (nSPS) is 10.9. The fraction of sp³-hybridized carbons (Fsp3) is 0.200. The molecule has 0 spiro atoms. The lowest BCUT2D eigenvalue weighted by Gasteiger charge is -2.08. The molecule has 20 heavy (non-hydrogen) atoms. The number of aryl methyl sites for hydroxylation is 2. The fourth-order valence-corrected chi connectivity index (χ4v) is 3.24. The first-order valence-electron chi connectivity index (χ1n) is 6.41. The van der Waals surface area contributed by atoms with Crippen LogP contribution in [0, 0.1) is 13.8 Å². The van der Waals surface area contributed by atoms with Crippen molar-refractivity contribution in [3.05, 3.63) is 52.4 Å². The molecule has 102 valence electrons. The molecule has 0 saturated heterocycles. The number of rotatable bonds is 3. The lowest BCUT2D eigenvalue weighted by Crippen LogP contribution is -2.00. The van der Waals surface area contributed by atoms with Gasteiger partial charge in [0, 0.05) is 33.4 Å². The van der Waals surface area contributed by atoms with E-state index in [1.807, 2.05) is 29.9 Å². The Labute approximate surface area is 121 Å². The van der Waals surface area contributed by atoms with E-state index in [4.69, 9.17) is 5.73 Å². The number of nitrogen functional groups attached to an aromatic ring is 1. The molecule has 3 rings (SSSR count). The predicted molar refractivity (Wildman–Crippen MR) is 82.8 cm³/mol. The van der Waals surface area contributed by atoms with Gasteiger partial charge < -0.3 is 10.3 Å². The summed E-state index contributed by atoms with van der Waals surface area (Å²) >= 11 is 1.83. The van der Waals surface area contributed by atoms with Crippen molar-refractivity contribution >= 4 is 17.0 Å². The number of anilines is 1. The van der Waals surface area contributed by atoms with Crippen molar-refractivity contribution in [1.82, 2.24) is 14.5 Å². The number of hydrogen-bond acceptors (Lipinski definition) is 4. The Morgan fingerprint density at radius 1 is 1.25 bits per heavy atom. The zero-order valence-corrected chi connectivity index (χ0v) is 12.3. The molecule has 3 aromatic heterocycles. The molecule has 4 nitrogen and oxygen atoms in total. The zero-order valence-electron chi connectivity index (χ0n) is 11.5. The molecule has 0 unspecified atom stereocenters. The number of nitrogens with two attached hydrogens (primary N) is 1. The van der Waals surface area contributed by atoms with Crippen LogP contribution in [0.5, 0.6) is 0 Å². The number of nitrogens with zero attached hydrogens (tertiary/aromatic N) is 3. The lowest BCUT2D eigenvalue weighted by molar-refractivity contribution is 0.817. The average molecular weight is 284 g/mol. The minimum atomic E-state index is 0.722. The molecule has 3 heterocycles. The summed E-state index contributed by atoms with van der Waals surface area (Å²) in [5, 5.41) is 0. The Hall–Kier alpha value is -2.14. The topological polar surface area (TPSA) is 56.7 Å². The quantitative estimate of drug-likeness (QED) is 0.803. The predicted octanol–water partition coefficient (Wildman–Crippen LogP) is 3.25. The highest BCUT2D eigenvalue weighted by atomic mass is 32.1. The third-order valence-electron chi connectivity index (χ3n) is 3.39. The largest absolute Gasteiger partial charge is 0.398 e. The van der Waals surface area contributed by atoms with E-state index in [9.17, 15) is 0 Å². The maximum absolute atomic E-state index is 6.02. The van der Waals surface area contributed by atoms with Crippen LogP contribution >= 0.6 is 11.3 Å². The highest BCUT2D eigenvalue weighted by Gasteiger charge is 2.10. The number of pyridine rings is 1. The van der Waals surface area contributed by atoms with Gasteiger partial charge in [0.05, 0.1) is 24.8 Å². The van der Waals surface area contributed by atoms with Gasteiger partial charge in [-0.05, 0) is 31.5 Å².